The highest BCUT2D eigenvalue weighted by Crippen LogP contribution is 2.19. The van der Waals surface area contributed by atoms with Crippen LogP contribution < -0.4 is 5.32 Å². The van der Waals surface area contributed by atoms with Crippen LogP contribution in [0.25, 0.3) is 0 Å². The lowest BCUT2D eigenvalue weighted by molar-refractivity contribution is 0.0708. The SMILES string of the molecule is Cc1cc(C)c(C(=O)N2CCC[C@@H](Nc3ccccc3)C2)[nH]1. The lowest BCUT2D eigenvalue weighted by Crippen LogP contribution is -2.45. The lowest BCUT2D eigenvalue weighted by Gasteiger charge is -2.33. The Morgan fingerprint density at radius 3 is 2.73 bits per heavy atom. The molecule has 116 valence electrons. The molecule has 4 heteroatoms. The van der Waals surface area contributed by atoms with Gasteiger partial charge in [0.15, 0.2) is 0 Å². The summed E-state index contributed by atoms with van der Waals surface area (Å²) in [6.07, 6.45) is 2.14. The number of para-hydroxylation sites is 1. The van der Waals surface area contributed by atoms with Gasteiger partial charge in [0.2, 0.25) is 0 Å². The molecule has 4 nitrogen and oxygen atoms in total. The molecule has 2 heterocycles. The molecule has 1 fully saturated rings. The van der Waals surface area contributed by atoms with Gasteiger partial charge in [0.05, 0.1) is 0 Å². The van der Waals surface area contributed by atoms with E-state index in [1.807, 2.05) is 43.0 Å². The fourth-order valence-electron chi connectivity index (χ4n) is 3.16. The molecule has 1 aliphatic rings. The fraction of sp³-hybridized carbons (Fsp3) is 0.389. The zero-order chi connectivity index (χ0) is 15.5. The van der Waals surface area contributed by atoms with Crippen LogP contribution >= 0.6 is 0 Å². The number of piperidine rings is 1. The summed E-state index contributed by atoms with van der Waals surface area (Å²) in [5.74, 6) is 0.116. The number of amides is 1. The minimum Gasteiger partial charge on any atom is -0.381 e. The maximum absolute atomic E-state index is 12.7. The van der Waals surface area contributed by atoms with Gasteiger partial charge in [-0.15, -0.1) is 0 Å². The van der Waals surface area contributed by atoms with Crippen molar-refractivity contribution in [2.24, 2.45) is 0 Å². The topological polar surface area (TPSA) is 48.1 Å². The number of hydrogen-bond donors (Lipinski definition) is 2. The molecule has 1 aromatic carbocycles. The van der Waals surface area contributed by atoms with Crippen LogP contribution in [0.2, 0.25) is 0 Å². The molecule has 1 aromatic heterocycles. The summed E-state index contributed by atoms with van der Waals surface area (Å²) in [7, 11) is 0. The molecule has 0 saturated carbocycles. The van der Waals surface area contributed by atoms with E-state index in [9.17, 15) is 4.79 Å². The second-order valence-corrected chi connectivity index (χ2v) is 6.11. The Labute approximate surface area is 131 Å². The minimum atomic E-state index is 0.116. The number of hydrogen-bond acceptors (Lipinski definition) is 2. The van der Waals surface area contributed by atoms with Gasteiger partial charge in [-0.05, 0) is 50.5 Å². The fourth-order valence-corrected chi connectivity index (χ4v) is 3.16. The first-order chi connectivity index (χ1) is 10.6. The molecule has 0 spiro atoms. The number of anilines is 1. The van der Waals surface area contributed by atoms with Gasteiger partial charge in [-0.25, -0.2) is 0 Å². The van der Waals surface area contributed by atoms with Gasteiger partial charge in [0.25, 0.3) is 5.91 Å². The van der Waals surface area contributed by atoms with Gasteiger partial charge in [0, 0.05) is 30.5 Å². The van der Waals surface area contributed by atoms with Crippen molar-refractivity contribution in [3.05, 3.63) is 53.3 Å². The van der Waals surface area contributed by atoms with Gasteiger partial charge < -0.3 is 15.2 Å². The average molecular weight is 297 g/mol. The van der Waals surface area contributed by atoms with Crippen molar-refractivity contribution in [1.29, 1.82) is 0 Å². The summed E-state index contributed by atoms with van der Waals surface area (Å²) in [5.41, 5.74) is 3.92. The molecule has 1 atom stereocenters. The number of aromatic nitrogens is 1. The largest absolute Gasteiger partial charge is 0.381 e. The van der Waals surface area contributed by atoms with Crippen molar-refractivity contribution in [2.75, 3.05) is 18.4 Å². The van der Waals surface area contributed by atoms with E-state index in [1.165, 1.54) is 0 Å². The molecule has 0 aliphatic carbocycles. The highest BCUT2D eigenvalue weighted by Gasteiger charge is 2.26. The average Bonchev–Trinajstić information content (AvgIpc) is 2.86. The van der Waals surface area contributed by atoms with E-state index >= 15 is 0 Å². The van der Waals surface area contributed by atoms with Crippen molar-refractivity contribution in [1.82, 2.24) is 9.88 Å². The molecule has 1 amide bonds. The standard InChI is InChI=1S/C18H23N3O/c1-13-11-14(2)19-17(13)18(22)21-10-6-9-16(12-21)20-15-7-4-3-5-8-15/h3-5,7-8,11,16,19-20H,6,9-10,12H2,1-2H3/t16-/m1/s1. The molecule has 3 rings (SSSR count). The first kappa shape index (κ1) is 14.7. The molecule has 1 saturated heterocycles. The van der Waals surface area contributed by atoms with Crippen molar-refractivity contribution in [2.45, 2.75) is 32.7 Å². The monoisotopic (exact) mass is 297 g/mol. The molecule has 0 unspecified atom stereocenters. The predicted octanol–water partition coefficient (Wildman–Crippen LogP) is 3.35. The number of rotatable bonds is 3. The summed E-state index contributed by atoms with van der Waals surface area (Å²) in [4.78, 5) is 17.9. The van der Waals surface area contributed by atoms with Crippen LogP contribution in [0.4, 0.5) is 5.69 Å². The quantitative estimate of drug-likeness (QED) is 0.912. The summed E-state index contributed by atoms with van der Waals surface area (Å²) < 4.78 is 0. The van der Waals surface area contributed by atoms with Crippen LogP contribution in [-0.2, 0) is 0 Å². The molecule has 2 N–H and O–H groups in total. The number of likely N-dealkylation sites (tertiary alicyclic amines) is 1. The molecule has 0 radical (unpaired) electrons. The van der Waals surface area contributed by atoms with Crippen LogP contribution in [0.5, 0.6) is 0 Å². The van der Waals surface area contributed by atoms with Gasteiger partial charge in [-0.3, -0.25) is 4.79 Å². The molecular weight excluding hydrogens is 274 g/mol. The van der Waals surface area contributed by atoms with Crippen molar-refractivity contribution in [3.63, 3.8) is 0 Å². The Morgan fingerprint density at radius 2 is 2.05 bits per heavy atom. The van der Waals surface area contributed by atoms with Crippen LogP contribution in [0.3, 0.4) is 0 Å². The lowest BCUT2D eigenvalue weighted by atomic mass is 10.0. The van der Waals surface area contributed by atoms with Gasteiger partial charge >= 0.3 is 0 Å². The number of aryl methyl sites for hydroxylation is 2. The molecule has 1 aliphatic heterocycles. The summed E-state index contributed by atoms with van der Waals surface area (Å²) in [6.45, 7) is 5.56. The van der Waals surface area contributed by atoms with E-state index in [0.29, 0.717) is 6.04 Å². The van der Waals surface area contributed by atoms with E-state index in [1.54, 1.807) is 0 Å². The maximum Gasteiger partial charge on any atom is 0.270 e. The van der Waals surface area contributed by atoms with Crippen LogP contribution in [0, 0.1) is 13.8 Å². The summed E-state index contributed by atoms with van der Waals surface area (Å²) >= 11 is 0. The smallest absolute Gasteiger partial charge is 0.270 e. The molecule has 2 aromatic rings. The zero-order valence-corrected chi connectivity index (χ0v) is 13.2. The van der Waals surface area contributed by atoms with Crippen molar-refractivity contribution >= 4 is 11.6 Å². The first-order valence-corrected chi connectivity index (χ1v) is 7.90. The second-order valence-electron chi connectivity index (χ2n) is 6.11. The Kier molecular flexibility index (Phi) is 4.18. The molecule has 0 bridgehead atoms. The summed E-state index contributed by atoms with van der Waals surface area (Å²) in [5, 5.41) is 3.53. The van der Waals surface area contributed by atoms with E-state index in [4.69, 9.17) is 0 Å². The third kappa shape index (κ3) is 3.16. The van der Waals surface area contributed by atoms with Crippen molar-refractivity contribution in [3.8, 4) is 0 Å². The van der Waals surface area contributed by atoms with Gasteiger partial charge in [-0.2, -0.15) is 0 Å². The number of carbonyl (C=O) groups excluding carboxylic acids is 1. The first-order valence-electron chi connectivity index (χ1n) is 7.90. The Bertz CT molecular complexity index is 648. The maximum atomic E-state index is 12.7. The molecular formula is C18H23N3O. The van der Waals surface area contributed by atoms with E-state index in [-0.39, 0.29) is 5.91 Å². The third-order valence-corrected chi connectivity index (χ3v) is 4.22. The van der Waals surface area contributed by atoms with Gasteiger partial charge in [0.1, 0.15) is 5.69 Å². The van der Waals surface area contributed by atoms with Crippen LogP contribution in [-0.4, -0.2) is 34.9 Å². The number of aromatic amines is 1. The minimum absolute atomic E-state index is 0.116. The zero-order valence-electron chi connectivity index (χ0n) is 13.2. The number of carbonyl (C=O) groups is 1. The number of H-pyrrole nitrogens is 1. The van der Waals surface area contributed by atoms with Crippen molar-refractivity contribution < 1.29 is 4.79 Å². The van der Waals surface area contributed by atoms with Crippen LogP contribution in [0.15, 0.2) is 36.4 Å². The predicted molar refractivity (Wildman–Crippen MR) is 89.3 cm³/mol. The van der Waals surface area contributed by atoms with Crippen LogP contribution in [0.1, 0.15) is 34.6 Å². The summed E-state index contributed by atoms with van der Waals surface area (Å²) in [6, 6.07) is 12.5. The second kappa shape index (κ2) is 6.26. The van der Waals surface area contributed by atoms with E-state index < -0.39 is 0 Å². The Morgan fingerprint density at radius 1 is 1.27 bits per heavy atom. The number of benzene rings is 1. The Balaban J connectivity index is 1.68. The highest BCUT2D eigenvalue weighted by atomic mass is 16.2. The highest BCUT2D eigenvalue weighted by molar-refractivity contribution is 5.94. The number of nitrogens with one attached hydrogen (secondary N) is 2. The number of nitrogens with zero attached hydrogens (tertiary/aromatic N) is 1. The van der Waals surface area contributed by atoms with Gasteiger partial charge in [-0.1, -0.05) is 18.2 Å². The van der Waals surface area contributed by atoms with E-state index in [0.717, 1.165) is 48.6 Å². The third-order valence-electron chi connectivity index (χ3n) is 4.22. The van der Waals surface area contributed by atoms with E-state index in [2.05, 4.69) is 22.4 Å². The molecule has 22 heavy (non-hydrogen) atoms. The Hall–Kier alpha value is -2.23. The normalized spacial score (nSPS) is 18.3.